The molecule has 2 amide bonds. The number of benzene rings is 1. The van der Waals surface area contributed by atoms with Gasteiger partial charge in [0.05, 0.1) is 12.2 Å². The number of hydrogen-bond donors (Lipinski definition) is 2. The Morgan fingerprint density at radius 3 is 2.29 bits per heavy atom. The largest absolute Gasteiger partial charge is 0.481 e. The van der Waals surface area contributed by atoms with Crippen LogP contribution in [-0.4, -0.2) is 65.8 Å². The second-order valence-corrected chi connectivity index (χ2v) is 11.6. The molecule has 3 fully saturated rings. The van der Waals surface area contributed by atoms with E-state index in [1.165, 1.54) is 4.90 Å². The van der Waals surface area contributed by atoms with Crippen LogP contribution in [0.2, 0.25) is 0 Å². The van der Waals surface area contributed by atoms with Crippen molar-refractivity contribution in [1.29, 1.82) is 0 Å². The summed E-state index contributed by atoms with van der Waals surface area (Å²) in [7, 11) is -3.90. The van der Waals surface area contributed by atoms with Crippen LogP contribution >= 0.6 is 0 Å². The summed E-state index contributed by atoms with van der Waals surface area (Å²) in [6.07, 6.45) is 4.65. The summed E-state index contributed by atoms with van der Waals surface area (Å²) >= 11 is 0. The number of amides is 2. The van der Waals surface area contributed by atoms with Crippen LogP contribution in [0.25, 0.3) is 0 Å². The SMILES string of the molecule is O=C(O)CC(NC(=O)C1N(C(=O)C2CC2)CCN1S(=O)(=O)Cc1ccccc1)C1CCCCC1. The first kappa shape index (κ1) is 24.7. The van der Waals surface area contributed by atoms with E-state index in [1.807, 2.05) is 0 Å². The number of rotatable bonds is 9. The standard InChI is InChI=1S/C24H33N3O6S/c28-21(29)15-20(18-9-5-2-6-10-18)25-22(30)23-26(24(31)19-11-12-19)13-14-27(23)34(32,33)16-17-7-3-1-4-8-17/h1,3-4,7-8,18-20,23H,2,5-6,9-16H2,(H,25,30)(H,28,29). The van der Waals surface area contributed by atoms with Gasteiger partial charge in [0.1, 0.15) is 0 Å². The van der Waals surface area contributed by atoms with E-state index in [1.54, 1.807) is 30.3 Å². The monoisotopic (exact) mass is 491 g/mol. The minimum absolute atomic E-state index is 0.0252. The molecule has 2 N–H and O–H groups in total. The fraction of sp³-hybridized carbons (Fsp3) is 0.625. The molecule has 1 aromatic carbocycles. The van der Waals surface area contributed by atoms with Crippen molar-refractivity contribution < 1.29 is 27.9 Å². The molecule has 1 aromatic rings. The number of aliphatic carboxylic acids is 1. The van der Waals surface area contributed by atoms with Gasteiger partial charge < -0.3 is 15.3 Å². The van der Waals surface area contributed by atoms with Crippen molar-refractivity contribution in [3.8, 4) is 0 Å². The molecule has 2 unspecified atom stereocenters. The Balaban J connectivity index is 1.57. The van der Waals surface area contributed by atoms with Gasteiger partial charge in [-0.1, -0.05) is 49.6 Å². The molecule has 186 valence electrons. The Bertz CT molecular complexity index is 1000. The Kier molecular flexibility index (Phi) is 7.57. The van der Waals surface area contributed by atoms with Crippen molar-refractivity contribution in [3.05, 3.63) is 35.9 Å². The third kappa shape index (κ3) is 5.78. The molecule has 3 aliphatic rings. The van der Waals surface area contributed by atoms with Crippen molar-refractivity contribution in [2.24, 2.45) is 11.8 Å². The predicted molar refractivity (Wildman–Crippen MR) is 125 cm³/mol. The molecule has 2 aliphatic carbocycles. The summed E-state index contributed by atoms with van der Waals surface area (Å²) in [5, 5.41) is 12.3. The smallest absolute Gasteiger partial charge is 0.305 e. The number of hydrogen-bond acceptors (Lipinski definition) is 5. The van der Waals surface area contributed by atoms with Crippen LogP contribution in [0.1, 0.15) is 56.9 Å². The minimum atomic E-state index is -3.90. The van der Waals surface area contributed by atoms with Crippen LogP contribution in [0.5, 0.6) is 0 Å². The van der Waals surface area contributed by atoms with E-state index in [-0.39, 0.29) is 43.0 Å². The lowest BCUT2D eigenvalue weighted by Crippen LogP contribution is -2.57. The summed E-state index contributed by atoms with van der Waals surface area (Å²) in [5.41, 5.74) is 0.597. The molecule has 2 saturated carbocycles. The molecule has 0 aromatic heterocycles. The van der Waals surface area contributed by atoms with E-state index in [2.05, 4.69) is 5.32 Å². The van der Waals surface area contributed by atoms with Crippen molar-refractivity contribution >= 4 is 27.8 Å². The number of carboxylic acid groups (broad SMARTS) is 1. The van der Waals surface area contributed by atoms with Gasteiger partial charge in [0.15, 0.2) is 6.17 Å². The number of sulfonamides is 1. The van der Waals surface area contributed by atoms with Gasteiger partial charge in [0.2, 0.25) is 15.9 Å². The molecule has 4 rings (SSSR count). The molecular weight excluding hydrogens is 458 g/mol. The first-order valence-electron chi connectivity index (χ1n) is 12.1. The highest BCUT2D eigenvalue weighted by molar-refractivity contribution is 7.88. The van der Waals surface area contributed by atoms with Crippen LogP contribution < -0.4 is 5.32 Å². The van der Waals surface area contributed by atoms with Crippen LogP contribution in [0.4, 0.5) is 0 Å². The highest BCUT2D eigenvalue weighted by Gasteiger charge is 2.49. The van der Waals surface area contributed by atoms with Crippen molar-refractivity contribution in [1.82, 2.24) is 14.5 Å². The van der Waals surface area contributed by atoms with E-state index < -0.39 is 34.1 Å². The van der Waals surface area contributed by atoms with Crippen LogP contribution in [-0.2, 0) is 30.2 Å². The maximum absolute atomic E-state index is 13.5. The lowest BCUT2D eigenvalue weighted by atomic mass is 9.82. The number of carbonyl (C=O) groups is 3. The van der Waals surface area contributed by atoms with Gasteiger partial charge in [0.25, 0.3) is 5.91 Å². The molecule has 2 atom stereocenters. The second kappa shape index (κ2) is 10.4. The van der Waals surface area contributed by atoms with Gasteiger partial charge in [-0.25, -0.2) is 8.42 Å². The van der Waals surface area contributed by atoms with Crippen LogP contribution in [0, 0.1) is 11.8 Å². The molecule has 0 radical (unpaired) electrons. The molecule has 0 spiro atoms. The first-order valence-corrected chi connectivity index (χ1v) is 13.7. The van der Waals surface area contributed by atoms with E-state index in [9.17, 15) is 27.9 Å². The molecule has 1 saturated heterocycles. The van der Waals surface area contributed by atoms with Gasteiger partial charge in [-0.2, -0.15) is 4.31 Å². The van der Waals surface area contributed by atoms with Gasteiger partial charge in [-0.3, -0.25) is 14.4 Å². The maximum atomic E-state index is 13.5. The normalized spacial score (nSPS) is 22.9. The summed E-state index contributed by atoms with van der Waals surface area (Å²) in [6.45, 7) is 0.188. The lowest BCUT2D eigenvalue weighted by molar-refractivity contribution is -0.143. The van der Waals surface area contributed by atoms with E-state index in [0.29, 0.717) is 5.56 Å². The van der Waals surface area contributed by atoms with Gasteiger partial charge in [-0.05, 0) is 37.2 Å². The molecule has 1 heterocycles. The average molecular weight is 492 g/mol. The molecule has 0 bridgehead atoms. The van der Waals surface area contributed by atoms with Crippen molar-refractivity contribution in [3.63, 3.8) is 0 Å². The Morgan fingerprint density at radius 1 is 1.00 bits per heavy atom. The summed E-state index contributed by atoms with van der Waals surface area (Å²) in [5.74, 6) is -2.24. The topological polar surface area (TPSA) is 124 Å². The fourth-order valence-corrected chi connectivity index (χ4v) is 6.80. The van der Waals surface area contributed by atoms with Crippen LogP contribution in [0.15, 0.2) is 30.3 Å². The number of carbonyl (C=O) groups excluding carboxylic acids is 2. The number of nitrogens with zero attached hydrogens (tertiary/aromatic N) is 2. The van der Waals surface area contributed by atoms with E-state index in [0.717, 1.165) is 49.3 Å². The molecule has 10 heteroatoms. The van der Waals surface area contributed by atoms with Crippen molar-refractivity contribution in [2.45, 2.75) is 69.3 Å². The zero-order chi connectivity index (χ0) is 24.3. The van der Waals surface area contributed by atoms with E-state index in [4.69, 9.17) is 0 Å². The molecule has 1 aliphatic heterocycles. The van der Waals surface area contributed by atoms with Gasteiger partial charge in [-0.15, -0.1) is 0 Å². The fourth-order valence-electron chi connectivity index (χ4n) is 5.15. The highest BCUT2D eigenvalue weighted by atomic mass is 32.2. The third-order valence-corrected chi connectivity index (χ3v) is 8.86. The molecule has 34 heavy (non-hydrogen) atoms. The summed E-state index contributed by atoms with van der Waals surface area (Å²) < 4.78 is 27.8. The third-order valence-electron chi connectivity index (χ3n) is 7.06. The quantitative estimate of drug-likeness (QED) is 0.544. The maximum Gasteiger partial charge on any atom is 0.305 e. The Morgan fingerprint density at radius 2 is 1.68 bits per heavy atom. The Hall–Kier alpha value is -2.46. The average Bonchev–Trinajstić information content (AvgIpc) is 3.56. The summed E-state index contributed by atoms with van der Waals surface area (Å²) in [4.78, 5) is 39.4. The summed E-state index contributed by atoms with van der Waals surface area (Å²) in [6, 6.07) is 8.13. The van der Waals surface area contributed by atoms with Gasteiger partial charge >= 0.3 is 5.97 Å². The zero-order valence-electron chi connectivity index (χ0n) is 19.3. The minimum Gasteiger partial charge on any atom is -0.481 e. The number of carboxylic acids is 1. The zero-order valence-corrected chi connectivity index (χ0v) is 20.1. The lowest BCUT2D eigenvalue weighted by Gasteiger charge is -2.34. The van der Waals surface area contributed by atoms with Gasteiger partial charge in [0, 0.05) is 25.0 Å². The van der Waals surface area contributed by atoms with Crippen LogP contribution in [0.3, 0.4) is 0 Å². The molecular formula is C24H33N3O6S. The predicted octanol–water partition coefficient (Wildman–Crippen LogP) is 1.94. The van der Waals surface area contributed by atoms with E-state index >= 15 is 0 Å². The first-order chi connectivity index (χ1) is 16.3. The second-order valence-electron chi connectivity index (χ2n) is 9.64. The van der Waals surface area contributed by atoms with Crippen molar-refractivity contribution in [2.75, 3.05) is 13.1 Å². The highest BCUT2D eigenvalue weighted by Crippen LogP contribution is 2.34. The molecule has 9 nitrogen and oxygen atoms in total. The number of nitrogens with one attached hydrogen (secondary N) is 1. The Labute approximate surface area is 200 Å².